The summed E-state index contributed by atoms with van der Waals surface area (Å²) >= 11 is 0. The Labute approximate surface area is 97.0 Å². The van der Waals surface area contributed by atoms with Gasteiger partial charge in [0, 0.05) is 23.3 Å². The first-order valence-electron chi connectivity index (χ1n) is 5.23. The van der Waals surface area contributed by atoms with Gasteiger partial charge >= 0.3 is 0 Å². The highest BCUT2D eigenvalue weighted by Gasteiger charge is 2.01. The molecule has 4 nitrogen and oxygen atoms in total. The zero-order chi connectivity index (χ0) is 11.7. The van der Waals surface area contributed by atoms with Crippen LogP contribution in [0.4, 0.5) is 0 Å². The number of fused-ring (bicyclic) bond motifs is 1. The van der Waals surface area contributed by atoms with Gasteiger partial charge < -0.3 is 4.98 Å². The van der Waals surface area contributed by atoms with Crippen LogP contribution in [-0.2, 0) is 0 Å². The van der Waals surface area contributed by atoms with Crippen LogP contribution in [0.1, 0.15) is 0 Å². The minimum absolute atomic E-state index is 0.201. The Kier molecular flexibility index (Phi) is 2.19. The van der Waals surface area contributed by atoms with Crippen molar-refractivity contribution in [3.05, 3.63) is 59.3 Å². The van der Waals surface area contributed by atoms with Crippen LogP contribution in [0.2, 0.25) is 0 Å². The molecular formula is C13H9N3O. The molecule has 0 aliphatic heterocycles. The van der Waals surface area contributed by atoms with Crippen LogP contribution < -0.4 is 5.56 Å². The molecule has 17 heavy (non-hydrogen) atoms. The highest BCUT2D eigenvalue weighted by Crippen LogP contribution is 2.20. The van der Waals surface area contributed by atoms with Crippen molar-refractivity contribution in [2.24, 2.45) is 0 Å². The molecule has 0 radical (unpaired) electrons. The van der Waals surface area contributed by atoms with Crippen molar-refractivity contribution < 1.29 is 0 Å². The largest absolute Gasteiger partial charge is 0.326 e. The van der Waals surface area contributed by atoms with E-state index in [-0.39, 0.29) is 5.56 Å². The number of hydrogen-bond acceptors (Lipinski definition) is 3. The number of H-pyrrole nitrogens is 1. The maximum absolute atomic E-state index is 10.9. The van der Waals surface area contributed by atoms with Crippen LogP contribution >= 0.6 is 0 Å². The Morgan fingerprint density at radius 1 is 1.12 bits per heavy atom. The molecule has 2 heterocycles. The normalized spacial score (nSPS) is 10.6. The molecule has 0 unspecified atom stereocenters. The van der Waals surface area contributed by atoms with Gasteiger partial charge in [-0.1, -0.05) is 18.2 Å². The molecule has 0 saturated carbocycles. The lowest BCUT2D eigenvalue weighted by atomic mass is 10.1. The van der Waals surface area contributed by atoms with E-state index in [1.807, 2.05) is 30.3 Å². The van der Waals surface area contributed by atoms with Gasteiger partial charge in [0.15, 0.2) is 0 Å². The second-order valence-electron chi connectivity index (χ2n) is 3.71. The molecule has 82 valence electrons. The molecule has 0 bridgehead atoms. The summed E-state index contributed by atoms with van der Waals surface area (Å²) < 4.78 is 0. The first kappa shape index (κ1) is 9.72. The van der Waals surface area contributed by atoms with Gasteiger partial charge in [0.05, 0.1) is 17.4 Å². The zero-order valence-corrected chi connectivity index (χ0v) is 8.92. The van der Waals surface area contributed by atoms with Crippen LogP contribution in [-0.4, -0.2) is 15.0 Å². The molecule has 0 spiro atoms. The minimum atomic E-state index is -0.201. The SMILES string of the molecule is O=c1cnc(-c2ccc3cccnc3c2)c[nH]1. The summed E-state index contributed by atoms with van der Waals surface area (Å²) in [5.74, 6) is 0. The molecule has 0 aliphatic rings. The van der Waals surface area contributed by atoms with Gasteiger partial charge in [-0.3, -0.25) is 9.78 Å². The first-order valence-corrected chi connectivity index (χ1v) is 5.23. The van der Waals surface area contributed by atoms with Crippen molar-refractivity contribution in [2.75, 3.05) is 0 Å². The van der Waals surface area contributed by atoms with E-state index in [1.54, 1.807) is 12.4 Å². The van der Waals surface area contributed by atoms with E-state index in [0.29, 0.717) is 0 Å². The first-order chi connectivity index (χ1) is 8.33. The predicted molar refractivity (Wildman–Crippen MR) is 65.6 cm³/mol. The summed E-state index contributed by atoms with van der Waals surface area (Å²) in [6.45, 7) is 0. The molecule has 1 N–H and O–H groups in total. The van der Waals surface area contributed by atoms with E-state index in [0.717, 1.165) is 22.2 Å². The van der Waals surface area contributed by atoms with E-state index in [1.165, 1.54) is 6.20 Å². The summed E-state index contributed by atoms with van der Waals surface area (Å²) in [6.07, 6.45) is 4.64. The molecule has 0 aliphatic carbocycles. The maximum atomic E-state index is 10.9. The lowest BCUT2D eigenvalue weighted by Gasteiger charge is -2.01. The third-order valence-corrected chi connectivity index (χ3v) is 2.57. The predicted octanol–water partition coefficient (Wildman–Crippen LogP) is 1.99. The molecule has 2 aromatic heterocycles. The summed E-state index contributed by atoms with van der Waals surface area (Å²) in [4.78, 5) is 21.9. The number of aromatic amines is 1. The number of rotatable bonds is 1. The Morgan fingerprint density at radius 3 is 2.88 bits per heavy atom. The average Bonchev–Trinajstić information content (AvgIpc) is 2.39. The van der Waals surface area contributed by atoms with E-state index < -0.39 is 0 Å². The number of hydrogen-bond donors (Lipinski definition) is 1. The summed E-state index contributed by atoms with van der Waals surface area (Å²) in [6, 6.07) is 9.82. The fourth-order valence-corrected chi connectivity index (χ4v) is 1.73. The van der Waals surface area contributed by atoms with Gasteiger partial charge in [-0.25, -0.2) is 4.98 Å². The zero-order valence-electron chi connectivity index (χ0n) is 8.92. The smallest absolute Gasteiger partial charge is 0.266 e. The number of nitrogens with one attached hydrogen (secondary N) is 1. The van der Waals surface area contributed by atoms with Gasteiger partial charge in [-0.15, -0.1) is 0 Å². The quantitative estimate of drug-likeness (QED) is 0.686. The number of nitrogens with zero attached hydrogens (tertiary/aromatic N) is 2. The van der Waals surface area contributed by atoms with Crippen molar-refractivity contribution in [1.29, 1.82) is 0 Å². The molecular weight excluding hydrogens is 214 g/mol. The van der Waals surface area contributed by atoms with Gasteiger partial charge in [-0.05, 0) is 12.1 Å². The van der Waals surface area contributed by atoms with Crippen molar-refractivity contribution in [3.63, 3.8) is 0 Å². The topological polar surface area (TPSA) is 58.6 Å². The van der Waals surface area contributed by atoms with Gasteiger partial charge in [0.25, 0.3) is 5.56 Å². The third kappa shape index (κ3) is 1.80. The second kappa shape index (κ2) is 3.83. The van der Waals surface area contributed by atoms with Crippen LogP contribution in [0, 0.1) is 0 Å². The lowest BCUT2D eigenvalue weighted by Crippen LogP contribution is -2.04. The standard InChI is InChI=1S/C13H9N3O/c17-13-8-15-12(7-16-13)10-4-3-9-2-1-5-14-11(9)6-10/h1-8H,(H,16,17). The van der Waals surface area contributed by atoms with Crippen LogP contribution in [0.5, 0.6) is 0 Å². The Hall–Kier alpha value is -2.49. The molecule has 3 aromatic rings. The monoisotopic (exact) mass is 223 g/mol. The van der Waals surface area contributed by atoms with Crippen LogP contribution in [0.3, 0.4) is 0 Å². The van der Waals surface area contributed by atoms with Gasteiger partial charge in [0.1, 0.15) is 0 Å². The Balaban J connectivity index is 2.17. The van der Waals surface area contributed by atoms with Crippen molar-refractivity contribution in [2.45, 2.75) is 0 Å². The van der Waals surface area contributed by atoms with Gasteiger partial charge in [0.2, 0.25) is 0 Å². The summed E-state index contributed by atoms with van der Waals surface area (Å²) in [5.41, 5.74) is 2.38. The molecule has 0 fully saturated rings. The molecule has 4 heteroatoms. The Bertz CT molecular complexity index is 713. The Morgan fingerprint density at radius 2 is 2.06 bits per heavy atom. The minimum Gasteiger partial charge on any atom is -0.326 e. The van der Waals surface area contributed by atoms with Gasteiger partial charge in [-0.2, -0.15) is 0 Å². The molecule has 1 aromatic carbocycles. The number of aromatic nitrogens is 3. The van der Waals surface area contributed by atoms with Crippen molar-refractivity contribution in [3.8, 4) is 11.3 Å². The van der Waals surface area contributed by atoms with Crippen LogP contribution in [0.15, 0.2) is 53.7 Å². The summed E-state index contributed by atoms with van der Waals surface area (Å²) in [5, 5.41) is 1.08. The van der Waals surface area contributed by atoms with E-state index in [4.69, 9.17) is 0 Å². The number of pyridine rings is 1. The van der Waals surface area contributed by atoms with E-state index >= 15 is 0 Å². The van der Waals surface area contributed by atoms with Crippen molar-refractivity contribution >= 4 is 10.9 Å². The van der Waals surface area contributed by atoms with E-state index in [9.17, 15) is 4.79 Å². The highest BCUT2D eigenvalue weighted by molar-refractivity contribution is 5.83. The average molecular weight is 223 g/mol. The molecule has 3 rings (SSSR count). The maximum Gasteiger partial charge on any atom is 0.266 e. The fourth-order valence-electron chi connectivity index (χ4n) is 1.73. The lowest BCUT2D eigenvalue weighted by molar-refractivity contribution is 1.14. The molecule has 0 atom stereocenters. The molecule has 0 saturated heterocycles. The highest BCUT2D eigenvalue weighted by atomic mass is 16.1. The van der Waals surface area contributed by atoms with E-state index in [2.05, 4.69) is 15.0 Å². The van der Waals surface area contributed by atoms with Crippen LogP contribution in [0.25, 0.3) is 22.2 Å². The third-order valence-electron chi connectivity index (χ3n) is 2.57. The second-order valence-corrected chi connectivity index (χ2v) is 3.71. The number of benzene rings is 1. The van der Waals surface area contributed by atoms with Crippen molar-refractivity contribution in [1.82, 2.24) is 15.0 Å². The summed E-state index contributed by atoms with van der Waals surface area (Å²) in [7, 11) is 0. The molecule has 0 amide bonds. The fraction of sp³-hybridized carbons (Fsp3) is 0.